The molecule has 2 N–H and O–H groups in total. The summed E-state index contributed by atoms with van der Waals surface area (Å²) in [5.74, 6) is 0.317. The topological polar surface area (TPSA) is 134 Å². The number of imidazole rings is 1. The van der Waals surface area contributed by atoms with Crippen LogP contribution in [0.3, 0.4) is 0 Å². The van der Waals surface area contributed by atoms with Crippen molar-refractivity contribution in [2.45, 2.75) is 36.6 Å². The quantitative estimate of drug-likeness (QED) is 0.347. The molecular weight excluding hydrogens is 490 g/mol. The summed E-state index contributed by atoms with van der Waals surface area (Å²) in [4.78, 5) is 9.44. The van der Waals surface area contributed by atoms with Gasteiger partial charge in [-0.1, -0.05) is 18.2 Å². The van der Waals surface area contributed by atoms with E-state index in [1.807, 2.05) is 4.57 Å². The van der Waals surface area contributed by atoms with E-state index in [2.05, 4.69) is 11.1 Å². The zero-order valence-electron chi connectivity index (χ0n) is 19.7. The van der Waals surface area contributed by atoms with Crippen LogP contribution in [0, 0.1) is 17.2 Å². The minimum absolute atomic E-state index is 0.00431. The molecule has 1 aliphatic carbocycles. The van der Waals surface area contributed by atoms with E-state index in [1.165, 1.54) is 22.3 Å². The Morgan fingerprint density at radius 2 is 1.76 bits per heavy atom. The van der Waals surface area contributed by atoms with Crippen molar-refractivity contribution in [2.75, 3.05) is 0 Å². The molecule has 6 rings (SSSR count). The largest absolute Gasteiger partial charge is 0.508 e. The molecule has 0 amide bonds. The molecule has 186 valence electrons. The van der Waals surface area contributed by atoms with Gasteiger partial charge in [0.1, 0.15) is 22.8 Å². The van der Waals surface area contributed by atoms with Gasteiger partial charge in [0.05, 0.1) is 28.2 Å². The van der Waals surface area contributed by atoms with Crippen LogP contribution in [0.15, 0.2) is 71.9 Å². The van der Waals surface area contributed by atoms with Crippen molar-refractivity contribution < 1.29 is 18.6 Å². The summed E-state index contributed by atoms with van der Waals surface area (Å²) in [5, 5.41) is 30.5. The number of hydrogen-bond donors (Lipinski definition) is 2. The fraction of sp³-hybridized carbons (Fsp3) is 0.222. The van der Waals surface area contributed by atoms with E-state index in [0.717, 1.165) is 31.2 Å². The highest BCUT2D eigenvalue weighted by atomic mass is 32.2. The third kappa shape index (κ3) is 3.70. The van der Waals surface area contributed by atoms with Crippen LogP contribution in [0.1, 0.15) is 31.7 Å². The molecule has 3 heterocycles. The highest BCUT2D eigenvalue weighted by molar-refractivity contribution is 7.90. The molecule has 0 unspecified atom stereocenters. The first kappa shape index (κ1) is 23.1. The molecule has 0 bridgehead atoms. The monoisotopic (exact) mass is 513 g/mol. The van der Waals surface area contributed by atoms with Gasteiger partial charge in [0.25, 0.3) is 10.0 Å². The van der Waals surface area contributed by atoms with E-state index in [9.17, 15) is 23.9 Å². The molecule has 1 fully saturated rings. The third-order valence-corrected chi connectivity index (χ3v) is 8.78. The summed E-state index contributed by atoms with van der Waals surface area (Å²) in [6.07, 6.45) is 6.00. The first-order valence-corrected chi connectivity index (χ1v) is 13.4. The van der Waals surface area contributed by atoms with E-state index >= 15 is 0 Å². The van der Waals surface area contributed by atoms with Crippen molar-refractivity contribution >= 4 is 32.1 Å². The van der Waals surface area contributed by atoms with Crippen molar-refractivity contribution in [1.82, 2.24) is 18.5 Å². The minimum Gasteiger partial charge on any atom is -0.508 e. The van der Waals surface area contributed by atoms with Crippen LogP contribution in [0.2, 0.25) is 0 Å². The molecule has 0 radical (unpaired) electrons. The molecule has 37 heavy (non-hydrogen) atoms. The van der Waals surface area contributed by atoms with E-state index in [1.54, 1.807) is 48.7 Å². The lowest BCUT2D eigenvalue weighted by Gasteiger charge is -2.28. The van der Waals surface area contributed by atoms with Gasteiger partial charge in [-0.3, -0.25) is 0 Å². The summed E-state index contributed by atoms with van der Waals surface area (Å²) in [6, 6.07) is 16.6. The highest BCUT2D eigenvalue weighted by Crippen LogP contribution is 2.42. The van der Waals surface area contributed by atoms with Gasteiger partial charge in [0.15, 0.2) is 5.65 Å². The first-order valence-electron chi connectivity index (χ1n) is 12.0. The van der Waals surface area contributed by atoms with Crippen LogP contribution in [0.5, 0.6) is 11.5 Å². The van der Waals surface area contributed by atoms with Crippen LogP contribution in [-0.2, 0) is 10.0 Å². The second kappa shape index (κ2) is 8.64. The molecule has 0 aliphatic heterocycles. The number of nitrogens with zero attached hydrogens (tertiary/aromatic N) is 5. The Hall–Kier alpha value is -4.36. The Morgan fingerprint density at radius 1 is 1.00 bits per heavy atom. The van der Waals surface area contributed by atoms with E-state index in [4.69, 9.17) is 4.98 Å². The van der Waals surface area contributed by atoms with Gasteiger partial charge >= 0.3 is 0 Å². The number of hydrogen-bond acceptors (Lipinski definition) is 7. The van der Waals surface area contributed by atoms with Gasteiger partial charge in [-0.05, 0) is 56.0 Å². The Bertz CT molecular complexity index is 1790. The van der Waals surface area contributed by atoms with Crippen LogP contribution >= 0.6 is 0 Å². The Kier molecular flexibility index (Phi) is 5.38. The fourth-order valence-electron chi connectivity index (χ4n) is 5.27. The Labute approximate surface area is 212 Å². The van der Waals surface area contributed by atoms with Crippen molar-refractivity contribution in [3.63, 3.8) is 0 Å². The first-order chi connectivity index (χ1) is 17.9. The minimum atomic E-state index is -3.88. The molecule has 0 spiro atoms. The predicted octanol–water partition coefficient (Wildman–Crippen LogP) is 4.96. The molecule has 2 aromatic carbocycles. The van der Waals surface area contributed by atoms with Gasteiger partial charge in [-0.25, -0.2) is 22.4 Å². The van der Waals surface area contributed by atoms with Crippen LogP contribution in [0.25, 0.3) is 33.5 Å². The molecule has 3 aromatic heterocycles. The number of phenols is 2. The van der Waals surface area contributed by atoms with Crippen molar-refractivity contribution in [2.24, 2.45) is 5.92 Å². The standard InChI is InChI=1S/C27H23N5O4S/c28-15-17-6-8-18(9-7-17)32-25-22-12-13-31(37(35,36)20-4-2-1-3-5-20)26(22)29-16-23(25)30-27(32)21-11-10-19(33)14-24(21)34/h1-5,10-14,16-18,33-34H,6-9H2. The summed E-state index contributed by atoms with van der Waals surface area (Å²) in [5.41, 5.74) is 2.01. The van der Waals surface area contributed by atoms with E-state index < -0.39 is 10.0 Å². The number of pyridine rings is 1. The van der Waals surface area contributed by atoms with Gasteiger partial charge in [-0.15, -0.1) is 0 Å². The Morgan fingerprint density at radius 3 is 2.46 bits per heavy atom. The number of aromatic nitrogens is 4. The van der Waals surface area contributed by atoms with Gasteiger partial charge in [-0.2, -0.15) is 5.26 Å². The lowest BCUT2D eigenvalue weighted by atomic mass is 9.86. The third-order valence-electron chi connectivity index (χ3n) is 7.10. The SMILES string of the molecule is N#CC1CCC(n2c(-c3ccc(O)cc3O)nc3cnc4c(ccn4S(=O)(=O)c4ccccc4)c32)CC1. The normalized spacial score (nSPS) is 18.2. The molecule has 9 nitrogen and oxygen atoms in total. The summed E-state index contributed by atoms with van der Waals surface area (Å²) in [6.45, 7) is 0. The maximum atomic E-state index is 13.4. The highest BCUT2D eigenvalue weighted by Gasteiger charge is 2.29. The number of phenolic OH excluding ortho intramolecular Hbond substituents is 2. The van der Waals surface area contributed by atoms with Crippen LogP contribution < -0.4 is 0 Å². The van der Waals surface area contributed by atoms with Gasteiger partial charge in [0, 0.05) is 29.6 Å². The van der Waals surface area contributed by atoms with Gasteiger partial charge in [0.2, 0.25) is 0 Å². The summed E-state index contributed by atoms with van der Waals surface area (Å²) < 4.78 is 30.1. The van der Waals surface area contributed by atoms with Crippen molar-refractivity contribution in [3.8, 4) is 29.0 Å². The summed E-state index contributed by atoms with van der Waals surface area (Å²) in [7, 11) is -3.88. The molecule has 0 atom stereocenters. The number of benzene rings is 2. The average Bonchev–Trinajstić information content (AvgIpc) is 3.51. The number of rotatable bonds is 4. The van der Waals surface area contributed by atoms with Crippen molar-refractivity contribution in [3.05, 3.63) is 67.0 Å². The number of nitriles is 1. The zero-order valence-corrected chi connectivity index (χ0v) is 20.5. The van der Waals surface area contributed by atoms with Crippen LogP contribution in [-0.4, -0.2) is 37.1 Å². The average molecular weight is 514 g/mol. The smallest absolute Gasteiger partial charge is 0.269 e. The lowest BCUT2D eigenvalue weighted by molar-refractivity contribution is 0.320. The molecule has 5 aromatic rings. The van der Waals surface area contributed by atoms with E-state index in [0.29, 0.717) is 22.3 Å². The second-order valence-electron chi connectivity index (χ2n) is 9.30. The molecule has 1 saturated carbocycles. The Balaban J connectivity index is 1.60. The summed E-state index contributed by atoms with van der Waals surface area (Å²) >= 11 is 0. The maximum Gasteiger partial charge on any atom is 0.269 e. The second-order valence-corrected chi connectivity index (χ2v) is 11.1. The maximum absolute atomic E-state index is 13.4. The predicted molar refractivity (Wildman–Crippen MR) is 137 cm³/mol. The number of aromatic hydroxyl groups is 2. The molecular formula is C27H23N5O4S. The zero-order chi connectivity index (χ0) is 25.7. The van der Waals surface area contributed by atoms with Crippen molar-refractivity contribution in [1.29, 1.82) is 5.26 Å². The molecule has 10 heteroatoms. The lowest BCUT2D eigenvalue weighted by Crippen LogP contribution is -2.18. The van der Waals surface area contributed by atoms with Gasteiger partial charge < -0.3 is 14.8 Å². The molecule has 1 aliphatic rings. The number of fused-ring (bicyclic) bond motifs is 3. The molecule has 0 saturated heterocycles. The van der Waals surface area contributed by atoms with Crippen LogP contribution in [0.4, 0.5) is 0 Å². The fourth-order valence-corrected chi connectivity index (χ4v) is 6.59. The van der Waals surface area contributed by atoms with E-state index in [-0.39, 0.29) is 34.0 Å².